The zero-order chi connectivity index (χ0) is 18.8. The number of carbonyl (C=O) groups excluding carboxylic acids is 2. The van der Waals surface area contributed by atoms with Crippen LogP contribution in [0.3, 0.4) is 0 Å². The average Bonchev–Trinajstić information content (AvgIpc) is 2.53. The Morgan fingerprint density at radius 3 is 1.81 bits per heavy atom. The normalized spacial score (nSPS) is 11.5. The van der Waals surface area contributed by atoms with Gasteiger partial charge in [0.2, 0.25) is 0 Å². The van der Waals surface area contributed by atoms with Crippen LogP contribution in [0.15, 0.2) is 48.5 Å². The van der Waals surface area contributed by atoms with E-state index in [2.05, 4.69) is 0 Å². The molecule has 140 valence electrons. The summed E-state index contributed by atoms with van der Waals surface area (Å²) in [6.45, 7) is 0. The number of amides is 2. The van der Waals surface area contributed by atoms with Crippen molar-refractivity contribution in [2.24, 2.45) is 0 Å². The van der Waals surface area contributed by atoms with Crippen molar-refractivity contribution in [2.45, 2.75) is 12.4 Å². The van der Waals surface area contributed by atoms with Crippen LogP contribution in [-0.4, -0.2) is 11.8 Å². The fourth-order valence-electron chi connectivity index (χ4n) is 2.12. The molecule has 0 aliphatic heterocycles. The second-order valence-electron chi connectivity index (χ2n) is 4.87. The van der Waals surface area contributed by atoms with E-state index >= 15 is 0 Å². The third-order valence-electron chi connectivity index (χ3n) is 3.16. The van der Waals surface area contributed by atoms with Crippen LogP contribution in [0.4, 0.5) is 26.3 Å². The summed E-state index contributed by atoms with van der Waals surface area (Å²) >= 11 is 0. The summed E-state index contributed by atoms with van der Waals surface area (Å²) in [5.74, 6) is -2.61. The Bertz CT molecular complexity index is 803. The molecule has 2 aromatic rings. The number of alkyl halides is 6. The lowest BCUT2D eigenvalue weighted by Crippen LogP contribution is -3.00. The van der Waals surface area contributed by atoms with E-state index in [0.29, 0.717) is 12.1 Å². The van der Waals surface area contributed by atoms with Crippen LogP contribution >= 0.6 is 0 Å². The SMILES string of the molecule is O=C(NC(=O)c1cccc(C(F)(F)F)c1C(F)(F)F)c1ccccc1.[Cl-]. The minimum Gasteiger partial charge on any atom is -1.00 e. The van der Waals surface area contributed by atoms with Crippen molar-refractivity contribution < 1.29 is 48.3 Å². The first-order valence-corrected chi connectivity index (χ1v) is 6.70. The number of rotatable bonds is 2. The highest BCUT2D eigenvalue weighted by molar-refractivity contribution is 6.11. The molecule has 2 aromatic carbocycles. The van der Waals surface area contributed by atoms with Gasteiger partial charge in [-0.05, 0) is 24.3 Å². The molecule has 0 unspecified atom stereocenters. The van der Waals surface area contributed by atoms with Crippen LogP contribution in [-0.2, 0) is 12.4 Å². The quantitative estimate of drug-likeness (QED) is 0.614. The molecule has 0 fully saturated rings. The minimum atomic E-state index is -5.44. The summed E-state index contributed by atoms with van der Waals surface area (Å²) in [5, 5.41) is 1.66. The summed E-state index contributed by atoms with van der Waals surface area (Å²) < 4.78 is 77.8. The zero-order valence-corrected chi connectivity index (χ0v) is 13.3. The highest BCUT2D eigenvalue weighted by Crippen LogP contribution is 2.41. The highest BCUT2D eigenvalue weighted by atomic mass is 35.5. The zero-order valence-electron chi connectivity index (χ0n) is 12.6. The first-order valence-electron chi connectivity index (χ1n) is 6.70. The molecule has 0 aliphatic rings. The van der Waals surface area contributed by atoms with Crippen LogP contribution < -0.4 is 17.7 Å². The van der Waals surface area contributed by atoms with Gasteiger partial charge in [0.25, 0.3) is 11.8 Å². The van der Waals surface area contributed by atoms with E-state index in [-0.39, 0.29) is 24.0 Å². The molecule has 10 heteroatoms. The van der Waals surface area contributed by atoms with Gasteiger partial charge in [0, 0.05) is 5.56 Å². The van der Waals surface area contributed by atoms with Crippen molar-refractivity contribution in [3.63, 3.8) is 0 Å². The minimum absolute atomic E-state index is 0. The topological polar surface area (TPSA) is 46.2 Å². The van der Waals surface area contributed by atoms with Gasteiger partial charge in [-0.3, -0.25) is 14.9 Å². The molecule has 0 bridgehead atoms. The third kappa shape index (κ3) is 4.75. The molecule has 2 amide bonds. The van der Waals surface area contributed by atoms with Crippen molar-refractivity contribution >= 4 is 11.8 Å². The number of imide groups is 1. The van der Waals surface area contributed by atoms with E-state index in [0.717, 1.165) is 0 Å². The van der Waals surface area contributed by atoms with Gasteiger partial charge in [-0.15, -0.1) is 0 Å². The van der Waals surface area contributed by atoms with Gasteiger partial charge in [-0.2, -0.15) is 26.3 Å². The third-order valence-corrected chi connectivity index (χ3v) is 3.16. The van der Waals surface area contributed by atoms with Gasteiger partial charge in [0.1, 0.15) is 0 Å². The Morgan fingerprint density at radius 2 is 1.31 bits per heavy atom. The van der Waals surface area contributed by atoms with E-state index < -0.39 is 40.9 Å². The van der Waals surface area contributed by atoms with Crippen LogP contribution in [0.5, 0.6) is 0 Å². The molecular formula is C16H9ClF6NO2-. The van der Waals surface area contributed by atoms with Crippen LogP contribution in [0, 0.1) is 0 Å². The van der Waals surface area contributed by atoms with Crippen molar-refractivity contribution in [3.05, 3.63) is 70.8 Å². The molecule has 2 rings (SSSR count). The average molecular weight is 397 g/mol. The van der Waals surface area contributed by atoms with Gasteiger partial charge in [-0.1, -0.05) is 24.3 Å². The Balaban J connectivity index is 0.00000338. The lowest BCUT2D eigenvalue weighted by Gasteiger charge is -2.18. The first kappa shape index (κ1) is 21.5. The Morgan fingerprint density at radius 1 is 0.731 bits per heavy atom. The van der Waals surface area contributed by atoms with Crippen LogP contribution in [0.25, 0.3) is 0 Å². The van der Waals surface area contributed by atoms with E-state index in [1.165, 1.54) is 24.3 Å². The first-order chi connectivity index (χ1) is 11.5. The summed E-state index contributed by atoms with van der Waals surface area (Å²) in [6.07, 6.45) is -10.8. The van der Waals surface area contributed by atoms with Gasteiger partial charge in [-0.25, -0.2) is 0 Å². The monoisotopic (exact) mass is 396 g/mol. The van der Waals surface area contributed by atoms with Gasteiger partial charge >= 0.3 is 12.4 Å². The standard InChI is InChI=1S/C16H9F6NO2.ClH/c17-15(18,19)11-8-4-7-10(12(11)16(20,21)22)14(25)23-13(24)9-5-2-1-3-6-9;/h1-8H,(H,23,24,25);1H/p-1. The molecule has 0 radical (unpaired) electrons. The van der Waals surface area contributed by atoms with Crippen LogP contribution in [0.1, 0.15) is 31.8 Å². The molecule has 0 heterocycles. The van der Waals surface area contributed by atoms with E-state index in [1.807, 2.05) is 0 Å². The summed E-state index contributed by atoms with van der Waals surface area (Å²) in [7, 11) is 0. The van der Waals surface area contributed by atoms with Crippen molar-refractivity contribution in [1.29, 1.82) is 0 Å². The van der Waals surface area contributed by atoms with Crippen molar-refractivity contribution in [1.82, 2.24) is 5.32 Å². The molecule has 0 saturated heterocycles. The number of benzene rings is 2. The largest absolute Gasteiger partial charge is 1.00 e. The van der Waals surface area contributed by atoms with E-state index in [4.69, 9.17) is 0 Å². The maximum absolute atomic E-state index is 13.1. The fourth-order valence-corrected chi connectivity index (χ4v) is 2.12. The molecule has 0 aromatic heterocycles. The molecule has 26 heavy (non-hydrogen) atoms. The summed E-state index contributed by atoms with van der Waals surface area (Å²) in [5.41, 5.74) is -5.45. The molecule has 1 N–H and O–H groups in total. The number of halogens is 7. The fraction of sp³-hybridized carbons (Fsp3) is 0.125. The Kier molecular flexibility index (Phi) is 6.43. The number of carbonyl (C=O) groups is 2. The second kappa shape index (κ2) is 7.77. The Hall–Kier alpha value is -2.55. The molecule has 0 aliphatic carbocycles. The Labute approximate surface area is 149 Å². The number of hydrogen-bond donors (Lipinski definition) is 1. The second-order valence-corrected chi connectivity index (χ2v) is 4.87. The predicted molar refractivity (Wildman–Crippen MR) is 74.7 cm³/mol. The number of hydrogen-bond acceptors (Lipinski definition) is 2. The lowest BCUT2D eigenvalue weighted by atomic mass is 9.99. The molecular weight excluding hydrogens is 388 g/mol. The van der Waals surface area contributed by atoms with Gasteiger partial charge in [0.05, 0.1) is 16.7 Å². The van der Waals surface area contributed by atoms with Crippen molar-refractivity contribution in [2.75, 3.05) is 0 Å². The highest BCUT2D eigenvalue weighted by Gasteiger charge is 2.45. The van der Waals surface area contributed by atoms with Gasteiger partial charge in [0.15, 0.2) is 0 Å². The van der Waals surface area contributed by atoms with E-state index in [9.17, 15) is 35.9 Å². The van der Waals surface area contributed by atoms with E-state index in [1.54, 1.807) is 11.4 Å². The molecule has 0 spiro atoms. The summed E-state index contributed by atoms with van der Waals surface area (Å²) in [6, 6.07) is 8.51. The molecule has 3 nitrogen and oxygen atoms in total. The molecule has 0 atom stereocenters. The number of nitrogens with one attached hydrogen (secondary N) is 1. The van der Waals surface area contributed by atoms with Crippen LogP contribution in [0.2, 0.25) is 0 Å². The maximum atomic E-state index is 13.1. The molecule has 0 saturated carbocycles. The smallest absolute Gasteiger partial charge is 0.417 e. The van der Waals surface area contributed by atoms with Gasteiger partial charge < -0.3 is 12.4 Å². The van der Waals surface area contributed by atoms with Crippen molar-refractivity contribution in [3.8, 4) is 0 Å². The predicted octanol–water partition coefficient (Wildman–Crippen LogP) is 1.30. The lowest BCUT2D eigenvalue weighted by molar-refractivity contribution is -0.162. The summed E-state index contributed by atoms with van der Waals surface area (Å²) in [4.78, 5) is 23.8. The maximum Gasteiger partial charge on any atom is 0.417 e.